The Balaban J connectivity index is 2.10. The van der Waals surface area contributed by atoms with Crippen LogP contribution < -0.4 is 11.1 Å². The van der Waals surface area contributed by atoms with Gasteiger partial charge in [0.1, 0.15) is 5.54 Å². The highest BCUT2D eigenvalue weighted by atomic mass is 35.5. The summed E-state index contributed by atoms with van der Waals surface area (Å²) in [4.78, 5) is 13.0. The zero-order chi connectivity index (χ0) is 13.9. The fourth-order valence-corrected chi connectivity index (χ4v) is 3.83. The van der Waals surface area contributed by atoms with Crippen LogP contribution in [0.4, 0.5) is 0 Å². The molecule has 0 spiro atoms. The van der Waals surface area contributed by atoms with Gasteiger partial charge in [0, 0.05) is 15.7 Å². The molecule has 0 saturated heterocycles. The van der Waals surface area contributed by atoms with Gasteiger partial charge in [-0.1, -0.05) is 24.6 Å². The van der Waals surface area contributed by atoms with Crippen LogP contribution in [0.2, 0.25) is 5.02 Å². The molecular formula is C14H19ClN2OS. The van der Waals surface area contributed by atoms with Gasteiger partial charge >= 0.3 is 0 Å². The molecule has 3 nitrogen and oxygen atoms in total. The first-order chi connectivity index (χ1) is 9.08. The van der Waals surface area contributed by atoms with E-state index < -0.39 is 5.54 Å². The third-order valence-electron chi connectivity index (χ3n) is 3.47. The number of hydrogen-bond donors (Lipinski definition) is 2. The van der Waals surface area contributed by atoms with Gasteiger partial charge < -0.3 is 11.1 Å². The number of amides is 1. The molecule has 1 aliphatic rings. The van der Waals surface area contributed by atoms with Gasteiger partial charge in [-0.05, 0) is 43.5 Å². The molecule has 0 bridgehead atoms. The van der Waals surface area contributed by atoms with E-state index in [9.17, 15) is 4.79 Å². The number of rotatable bonds is 7. The highest BCUT2D eigenvalue weighted by Gasteiger charge is 2.49. The van der Waals surface area contributed by atoms with Crippen LogP contribution in [0.25, 0.3) is 0 Å². The molecule has 104 valence electrons. The number of thioether (sulfide) groups is 1. The van der Waals surface area contributed by atoms with Crippen LogP contribution in [0, 0.1) is 5.92 Å². The summed E-state index contributed by atoms with van der Waals surface area (Å²) in [5, 5.41) is 4.03. The molecule has 1 amide bonds. The van der Waals surface area contributed by atoms with Crippen LogP contribution in [0.5, 0.6) is 0 Å². The average molecular weight is 299 g/mol. The van der Waals surface area contributed by atoms with Crippen LogP contribution in [0.1, 0.15) is 19.8 Å². The van der Waals surface area contributed by atoms with Crippen molar-refractivity contribution in [3.8, 4) is 0 Å². The van der Waals surface area contributed by atoms with Gasteiger partial charge in [-0.25, -0.2) is 0 Å². The first-order valence-electron chi connectivity index (χ1n) is 6.52. The maximum absolute atomic E-state index is 11.9. The summed E-state index contributed by atoms with van der Waals surface area (Å²) < 4.78 is 0. The maximum Gasteiger partial charge on any atom is 0.238 e. The van der Waals surface area contributed by atoms with Crippen LogP contribution in [0.15, 0.2) is 29.2 Å². The number of hydrogen-bond acceptors (Lipinski definition) is 3. The lowest BCUT2D eigenvalue weighted by Crippen LogP contribution is -2.59. The minimum Gasteiger partial charge on any atom is -0.368 e. The van der Waals surface area contributed by atoms with Crippen molar-refractivity contribution in [1.82, 2.24) is 5.32 Å². The van der Waals surface area contributed by atoms with Gasteiger partial charge in [-0.2, -0.15) is 0 Å². The number of nitrogens with one attached hydrogen (secondary N) is 1. The van der Waals surface area contributed by atoms with Crippen molar-refractivity contribution >= 4 is 29.3 Å². The summed E-state index contributed by atoms with van der Waals surface area (Å²) in [6.07, 6.45) is 2.15. The van der Waals surface area contributed by atoms with Gasteiger partial charge in [0.25, 0.3) is 0 Å². The Morgan fingerprint density at radius 1 is 1.58 bits per heavy atom. The third kappa shape index (κ3) is 3.44. The first-order valence-corrected chi connectivity index (χ1v) is 7.88. The Morgan fingerprint density at radius 2 is 2.32 bits per heavy atom. The normalized spacial score (nSPS) is 18.0. The number of carbonyl (C=O) groups is 1. The predicted molar refractivity (Wildman–Crippen MR) is 80.5 cm³/mol. The number of likely N-dealkylation sites (N-methyl/N-ethyl adjacent to an activating group) is 1. The van der Waals surface area contributed by atoms with E-state index in [-0.39, 0.29) is 5.91 Å². The molecule has 3 N–H and O–H groups in total. The Bertz CT molecular complexity index is 465. The first kappa shape index (κ1) is 14.7. The summed E-state index contributed by atoms with van der Waals surface area (Å²) in [6, 6.07) is 7.68. The summed E-state index contributed by atoms with van der Waals surface area (Å²) >= 11 is 7.60. The highest BCUT2D eigenvalue weighted by Crippen LogP contribution is 2.42. The molecule has 2 rings (SSSR count). The minimum atomic E-state index is -0.582. The molecule has 0 heterocycles. The Morgan fingerprint density at radius 3 is 2.84 bits per heavy atom. The molecule has 1 aliphatic carbocycles. The van der Waals surface area contributed by atoms with E-state index in [1.165, 1.54) is 0 Å². The molecule has 1 fully saturated rings. The van der Waals surface area contributed by atoms with E-state index in [0.29, 0.717) is 16.7 Å². The monoisotopic (exact) mass is 298 g/mol. The van der Waals surface area contributed by atoms with E-state index in [0.717, 1.165) is 24.3 Å². The van der Waals surface area contributed by atoms with E-state index in [1.54, 1.807) is 11.8 Å². The number of halogens is 1. The molecule has 1 unspecified atom stereocenters. The molecular weight excluding hydrogens is 280 g/mol. The van der Waals surface area contributed by atoms with Gasteiger partial charge in [0.15, 0.2) is 0 Å². The zero-order valence-electron chi connectivity index (χ0n) is 11.0. The summed E-state index contributed by atoms with van der Waals surface area (Å²) in [5.74, 6) is 0.782. The van der Waals surface area contributed by atoms with Crippen LogP contribution in [-0.2, 0) is 4.79 Å². The Kier molecular flexibility index (Phi) is 4.76. The molecule has 0 aliphatic heterocycles. The zero-order valence-corrected chi connectivity index (χ0v) is 12.6. The summed E-state index contributed by atoms with van der Waals surface area (Å²) in [6.45, 7) is 2.75. The van der Waals surface area contributed by atoms with Crippen molar-refractivity contribution in [2.75, 3.05) is 12.3 Å². The fourth-order valence-electron chi connectivity index (χ4n) is 2.32. The Labute approximate surface area is 123 Å². The standard InChI is InChI=1S/C14H19ClN2OS/c1-2-17-14(13(16)18,10-6-7-10)9-19-12-5-3-4-11(15)8-12/h3-5,8,10,17H,2,6-7,9H2,1H3,(H2,16,18). The predicted octanol–water partition coefficient (Wildman–Crippen LogP) is 2.68. The number of benzene rings is 1. The molecule has 0 aromatic heterocycles. The summed E-state index contributed by atoms with van der Waals surface area (Å²) in [7, 11) is 0. The molecule has 1 saturated carbocycles. The lowest BCUT2D eigenvalue weighted by Gasteiger charge is -2.31. The van der Waals surface area contributed by atoms with Gasteiger partial charge in [0.2, 0.25) is 5.91 Å². The van der Waals surface area contributed by atoms with E-state index in [4.69, 9.17) is 17.3 Å². The van der Waals surface area contributed by atoms with E-state index in [2.05, 4.69) is 5.32 Å². The molecule has 0 radical (unpaired) electrons. The number of carbonyl (C=O) groups excluding carboxylic acids is 1. The summed E-state index contributed by atoms with van der Waals surface area (Å²) in [5.41, 5.74) is 5.07. The van der Waals surface area contributed by atoms with Crippen LogP contribution in [0.3, 0.4) is 0 Å². The second kappa shape index (κ2) is 6.16. The lowest BCUT2D eigenvalue weighted by atomic mass is 9.94. The highest BCUT2D eigenvalue weighted by molar-refractivity contribution is 7.99. The third-order valence-corrected chi connectivity index (χ3v) is 4.89. The minimum absolute atomic E-state index is 0.244. The van der Waals surface area contributed by atoms with E-state index >= 15 is 0 Å². The second-order valence-electron chi connectivity index (χ2n) is 4.89. The van der Waals surface area contributed by atoms with Gasteiger partial charge in [-0.3, -0.25) is 4.79 Å². The molecule has 1 atom stereocenters. The molecule has 1 aromatic rings. The SMILES string of the molecule is CCNC(CSc1cccc(Cl)c1)(C(N)=O)C1CC1. The van der Waals surface area contributed by atoms with Crippen molar-refractivity contribution < 1.29 is 4.79 Å². The van der Waals surface area contributed by atoms with Crippen LogP contribution >= 0.6 is 23.4 Å². The Hall–Kier alpha value is -0.710. The molecule has 5 heteroatoms. The van der Waals surface area contributed by atoms with Crippen molar-refractivity contribution in [2.24, 2.45) is 11.7 Å². The van der Waals surface area contributed by atoms with Crippen molar-refractivity contribution in [1.29, 1.82) is 0 Å². The quantitative estimate of drug-likeness (QED) is 0.761. The molecule has 19 heavy (non-hydrogen) atoms. The average Bonchev–Trinajstić information content (AvgIpc) is 3.19. The van der Waals surface area contributed by atoms with Crippen molar-refractivity contribution in [3.63, 3.8) is 0 Å². The van der Waals surface area contributed by atoms with Gasteiger partial charge in [0.05, 0.1) is 0 Å². The fraction of sp³-hybridized carbons (Fsp3) is 0.500. The topological polar surface area (TPSA) is 55.1 Å². The largest absolute Gasteiger partial charge is 0.368 e. The maximum atomic E-state index is 11.9. The second-order valence-corrected chi connectivity index (χ2v) is 6.37. The van der Waals surface area contributed by atoms with Crippen molar-refractivity contribution in [2.45, 2.75) is 30.2 Å². The lowest BCUT2D eigenvalue weighted by molar-refractivity contribution is -0.124. The van der Waals surface area contributed by atoms with Gasteiger partial charge in [-0.15, -0.1) is 11.8 Å². The van der Waals surface area contributed by atoms with E-state index in [1.807, 2.05) is 31.2 Å². The number of primary amides is 1. The van der Waals surface area contributed by atoms with Crippen molar-refractivity contribution in [3.05, 3.63) is 29.3 Å². The number of nitrogens with two attached hydrogens (primary N) is 1. The smallest absolute Gasteiger partial charge is 0.238 e. The molecule has 1 aromatic carbocycles. The van der Waals surface area contributed by atoms with Crippen LogP contribution in [-0.4, -0.2) is 23.7 Å².